The zero-order valence-corrected chi connectivity index (χ0v) is 13.8. The third-order valence-corrected chi connectivity index (χ3v) is 3.88. The molecule has 0 aliphatic carbocycles. The Hall–Kier alpha value is -3.03. The number of amides is 1. The van der Waals surface area contributed by atoms with E-state index in [4.69, 9.17) is 9.05 Å². The van der Waals surface area contributed by atoms with Crippen LogP contribution in [0.1, 0.15) is 35.7 Å². The smallest absolute Gasteiger partial charge is 0.292 e. The monoisotopic (exact) mass is 344 g/mol. The predicted octanol–water partition coefficient (Wildman–Crippen LogP) is 3.13. The summed E-state index contributed by atoms with van der Waals surface area (Å²) in [6, 6.07) is 7.37. The van der Waals surface area contributed by atoms with Crippen molar-refractivity contribution in [3.63, 3.8) is 0 Å². The Balaban J connectivity index is 1.73. The van der Waals surface area contributed by atoms with Crippen molar-refractivity contribution in [3.05, 3.63) is 54.0 Å². The van der Waals surface area contributed by atoms with Crippen molar-refractivity contribution >= 4 is 5.91 Å². The van der Waals surface area contributed by atoms with Crippen molar-refractivity contribution in [1.29, 1.82) is 0 Å². The number of rotatable bonds is 6. The van der Waals surface area contributed by atoms with Gasteiger partial charge in [0, 0.05) is 25.2 Å². The normalized spacial score (nSPS) is 12.1. The fourth-order valence-corrected chi connectivity index (χ4v) is 2.43. The topological polar surface area (TPSA) is 85.3 Å². The van der Waals surface area contributed by atoms with Gasteiger partial charge in [-0.3, -0.25) is 4.79 Å². The first kappa shape index (κ1) is 16.8. The first-order valence-corrected chi connectivity index (χ1v) is 7.84. The van der Waals surface area contributed by atoms with Crippen LogP contribution in [0.5, 0.6) is 0 Å². The average molecular weight is 344 g/mol. The van der Waals surface area contributed by atoms with E-state index < -0.39 is 0 Å². The molecule has 8 heteroatoms. The number of carbonyl (C=O) groups is 1. The molecule has 0 radical (unpaired) electrons. The molecule has 0 aliphatic rings. The van der Waals surface area contributed by atoms with Gasteiger partial charge in [-0.15, -0.1) is 0 Å². The van der Waals surface area contributed by atoms with Crippen LogP contribution >= 0.6 is 0 Å². The number of aromatic nitrogens is 3. The fourth-order valence-electron chi connectivity index (χ4n) is 2.43. The van der Waals surface area contributed by atoms with Gasteiger partial charge in [0.25, 0.3) is 5.91 Å². The quantitative estimate of drug-likeness (QED) is 0.683. The lowest BCUT2D eigenvalue weighted by Crippen LogP contribution is -2.30. The largest absolute Gasteiger partial charge is 0.351 e. The lowest BCUT2D eigenvalue weighted by atomic mass is 10.1. The van der Waals surface area contributed by atoms with Crippen molar-refractivity contribution < 1.29 is 18.2 Å². The van der Waals surface area contributed by atoms with Gasteiger partial charge in [0.15, 0.2) is 0 Å². The average Bonchev–Trinajstić information content (AvgIpc) is 3.31. The number of benzene rings is 1. The molecule has 0 aliphatic heterocycles. The Kier molecular flexibility index (Phi) is 4.87. The molecule has 3 rings (SSSR count). The van der Waals surface area contributed by atoms with Crippen LogP contribution in [0.15, 0.2) is 45.6 Å². The summed E-state index contributed by atoms with van der Waals surface area (Å²) in [5, 5.41) is 7.48. The highest BCUT2D eigenvalue weighted by atomic mass is 19.1. The summed E-state index contributed by atoms with van der Waals surface area (Å²) >= 11 is 0. The summed E-state index contributed by atoms with van der Waals surface area (Å²) < 4.78 is 23.2. The van der Waals surface area contributed by atoms with Crippen molar-refractivity contribution in [2.75, 3.05) is 13.6 Å². The van der Waals surface area contributed by atoms with Gasteiger partial charge >= 0.3 is 0 Å². The van der Waals surface area contributed by atoms with Crippen molar-refractivity contribution in [3.8, 4) is 11.4 Å². The zero-order valence-electron chi connectivity index (χ0n) is 13.8. The fraction of sp³-hybridized carbons (Fsp3) is 0.294. The molecule has 0 saturated carbocycles. The van der Waals surface area contributed by atoms with Crippen LogP contribution in [0.2, 0.25) is 0 Å². The van der Waals surface area contributed by atoms with E-state index in [1.807, 2.05) is 6.92 Å². The molecule has 0 spiro atoms. The van der Waals surface area contributed by atoms with Gasteiger partial charge in [0.05, 0.1) is 12.1 Å². The van der Waals surface area contributed by atoms with E-state index in [9.17, 15) is 9.18 Å². The molecule has 0 N–H and O–H groups in total. The van der Waals surface area contributed by atoms with Gasteiger partial charge in [-0.05, 0) is 30.7 Å². The molecule has 7 nitrogen and oxygen atoms in total. The second-order valence-electron chi connectivity index (χ2n) is 5.63. The Morgan fingerprint density at radius 3 is 2.64 bits per heavy atom. The molecule has 0 saturated heterocycles. The Bertz CT molecular complexity index is 830. The molecule has 1 atom stereocenters. The maximum Gasteiger partial charge on any atom is 0.292 e. The highest BCUT2D eigenvalue weighted by Gasteiger charge is 2.24. The minimum Gasteiger partial charge on any atom is -0.351 e. The van der Waals surface area contributed by atoms with Gasteiger partial charge < -0.3 is 13.9 Å². The number of hydrogen-bond acceptors (Lipinski definition) is 6. The zero-order chi connectivity index (χ0) is 17.8. The molecular formula is C17H17FN4O3. The number of hydrogen-bond donors (Lipinski definition) is 0. The van der Waals surface area contributed by atoms with Gasteiger partial charge in [-0.1, -0.05) is 17.2 Å². The summed E-state index contributed by atoms with van der Waals surface area (Å²) in [6.07, 6.45) is 2.13. The summed E-state index contributed by atoms with van der Waals surface area (Å²) in [7, 11) is 1.67. The number of carbonyl (C=O) groups excluding carboxylic acids is 1. The van der Waals surface area contributed by atoms with Crippen LogP contribution in [-0.4, -0.2) is 39.7 Å². The van der Waals surface area contributed by atoms with Crippen molar-refractivity contribution in [2.45, 2.75) is 19.3 Å². The molecule has 130 valence electrons. The van der Waals surface area contributed by atoms with Crippen LogP contribution < -0.4 is 0 Å². The maximum absolute atomic E-state index is 13.0. The van der Waals surface area contributed by atoms with Gasteiger partial charge in [0.1, 0.15) is 5.82 Å². The van der Waals surface area contributed by atoms with E-state index >= 15 is 0 Å². The van der Waals surface area contributed by atoms with Crippen LogP contribution in [0.3, 0.4) is 0 Å². The lowest BCUT2D eigenvalue weighted by molar-refractivity contribution is 0.0739. The third kappa shape index (κ3) is 3.73. The van der Waals surface area contributed by atoms with Gasteiger partial charge in [-0.25, -0.2) is 4.39 Å². The summed E-state index contributed by atoms with van der Waals surface area (Å²) in [5.41, 5.74) is 0.664. The summed E-state index contributed by atoms with van der Waals surface area (Å²) in [4.78, 5) is 18.1. The highest BCUT2D eigenvalue weighted by Crippen LogP contribution is 2.23. The molecule has 2 aromatic heterocycles. The van der Waals surface area contributed by atoms with Crippen LogP contribution in [0.4, 0.5) is 4.39 Å². The minimum atomic E-state index is -0.327. The second-order valence-corrected chi connectivity index (χ2v) is 5.63. The first-order valence-electron chi connectivity index (χ1n) is 7.84. The third-order valence-electron chi connectivity index (χ3n) is 3.88. The molecule has 1 aromatic carbocycles. The Labute approximate surface area is 143 Å². The van der Waals surface area contributed by atoms with Crippen molar-refractivity contribution in [1.82, 2.24) is 20.2 Å². The first-order chi connectivity index (χ1) is 12.1. The molecule has 0 fully saturated rings. The Morgan fingerprint density at radius 1 is 1.24 bits per heavy atom. The van der Waals surface area contributed by atoms with Crippen LogP contribution in [0, 0.1) is 5.82 Å². The second kappa shape index (κ2) is 7.25. The molecular weight excluding hydrogens is 327 g/mol. The van der Waals surface area contributed by atoms with E-state index in [0.717, 1.165) is 0 Å². The lowest BCUT2D eigenvalue weighted by Gasteiger charge is -2.19. The van der Waals surface area contributed by atoms with E-state index in [0.29, 0.717) is 30.2 Å². The molecule has 2 heterocycles. The van der Waals surface area contributed by atoms with E-state index in [2.05, 4.69) is 15.3 Å². The minimum absolute atomic E-state index is 0.126. The van der Waals surface area contributed by atoms with E-state index in [1.54, 1.807) is 19.2 Å². The molecule has 0 bridgehead atoms. The summed E-state index contributed by atoms with van der Waals surface area (Å²) in [6.45, 7) is 2.36. The highest BCUT2D eigenvalue weighted by molar-refractivity contribution is 5.91. The number of nitrogens with zero attached hydrogens (tertiary/aromatic N) is 4. The van der Waals surface area contributed by atoms with Crippen LogP contribution in [0.25, 0.3) is 11.4 Å². The number of likely N-dealkylation sites (N-methyl/N-ethyl adjacent to an activating group) is 1. The van der Waals surface area contributed by atoms with Crippen LogP contribution in [-0.2, 0) is 0 Å². The van der Waals surface area contributed by atoms with E-state index in [-0.39, 0.29) is 23.4 Å². The summed E-state index contributed by atoms with van der Waals surface area (Å²) in [5.74, 6) is 0.269. The Morgan fingerprint density at radius 2 is 2.00 bits per heavy atom. The van der Waals surface area contributed by atoms with Crippen molar-refractivity contribution in [2.24, 2.45) is 0 Å². The van der Waals surface area contributed by atoms with Gasteiger partial charge in [0.2, 0.25) is 17.5 Å². The molecule has 3 aromatic rings. The number of halogens is 1. The molecule has 25 heavy (non-hydrogen) atoms. The SMILES string of the molecule is CC[C@@H](CN(C)C(=O)c1ccno1)c1nc(-c2ccc(F)cc2)no1. The van der Waals surface area contributed by atoms with E-state index in [1.165, 1.54) is 29.3 Å². The molecule has 1 amide bonds. The maximum atomic E-state index is 13.0. The predicted molar refractivity (Wildman–Crippen MR) is 86.2 cm³/mol. The van der Waals surface area contributed by atoms with Gasteiger partial charge in [-0.2, -0.15) is 4.98 Å². The standard InChI is InChI=1S/C17H17FN4O3/c1-3-11(10-22(2)17(23)14-8-9-19-24-14)16-20-15(21-25-16)12-4-6-13(18)7-5-12/h4-9,11H,3,10H2,1-2H3/t11-/m0/s1. The molecule has 0 unspecified atom stereocenters.